The van der Waals surface area contributed by atoms with Crippen molar-refractivity contribution in [2.75, 3.05) is 31.1 Å². The monoisotopic (exact) mass is 362 g/mol. The van der Waals surface area contributed by atoms with Crippen LogP contribution < -0.4 is 4.90 Å². The van der Waals surface area contributed by atoms with E-state index in [1.54, 1.807) is 0 Å². The molecule has 3 heteroatoms. The fourth-order valence-electron chi connectivity index (χ4n) is 4.93. The van der Waals surface area contributed by atoms with Gasteiger partial charge in [0, 0.05) is 12.2 Å². The molecule has 142 valence electrons. The van der Waals surface area contributed by atoms with Crippen molar-refractivity contribution in [2.24, 2.45) is 0 Å². The number of hydrogen-bond donors (Lipinski definition) is 0. The number of rotatable bonds is 6. The topological polar surface area (TPSA) is 23.6 Å². The van der Waals surface area contributed by atoms with E-state index in [4.69, 9.17) is 0 Å². The number of hydrogen-bond acceptors (Lipinski definition) is 2. The van der Waals surface area contributed by atoms with E-state index in [0.717, 1.165) is 37.2 Å². The van der Waals surface area contributed by atoms with Gasteiger partial charge in [-0.3, -0.25) is 4.79 Å². The second-order valence-electron chi connectivity index (χ2n) is 7.85. The van der Waals surface area contributed by atoms with Gasteiger partial charge in [0.1, 0.15) is 5.41 Å². The molecule has 0 bridgehead atoms. The van der Waals surface area contributed by atoms with Gasteiger partial charge in [0.25, 0.3) is 0 Å². The number of anilines is 1. The molecular weight excluding hydrogens is 332 g/mol. The molecule has 1 amide bonds. The van der Waals surface area contributed by atoms with Crippen molar-refractivity contribution in [3.05, 3.63) is 65.7 Å². The summed E-state index contributed by atoms with van der Waals surface area (Å²) < 4.78 is 0. The third-order valence-corrected chi connectivity index (χ3v) is 6.37. The lowest BCUT2D eigenvalue weighted by Gasteiger charge is -2.29. The number of para-hydroxylation sites is 1. The number of carbonyl (C=O) groups excluding carboxylic acids is 1. The van der Waals surface area contributed by atoms with Crippen molar-refractivity contribution in [1.82, 2.24) is 4.90 Å². The molecule has 1 fully saturated rings. The van der Waals surface area contributed by atoms with Crippen molar-refractivity contribution < 1.29 is 4.79 Å². The van der Waals surface area contributed by atoms with Crippen molar-refractivity contribution in [2.45, 2.75) is 44.4 Å². The van der Waals surface area contributed by atoms with E-state index in [1.807, 2.05) is 18.2 Å². The van der Waals surface area contributed by atoms with Crippen LogP contribution in [0, 0.1) is 0 Å². The van der Waals surface area contributed by atoms with Crippen molar-refractivity contribution in [1.29, 1.82) is 0 Å². The summed E-state index contributed by atoms with van der Waals surface area (Å²) in [6.45, 7) is 6.47. The van der Waals surface area contributed by atoms with Gasteiger partial charge >= 0.3 is 0 Å². The largest absolute Gasteiger partial charge is 0.311 e. The van der Waals surface area contributed by atoms with Gasteiger partial charge in [0.15, 0.2) is 0 Å². The zero-order valence-electron chi connectivity index (χ0n) is 16.4. The Morgan fingerprint density at radius 1 is 0.889 bits per heavy atom. The number of nitrogens with zero attached hydrogens (tertiary/aromatic N) is 2. The van der Waals surface area contributed by atoms with Gasteiger partial charge in [0.05, 0.1) is 0 Å². The van der Waals surface area contributed by atoms with Gasteiger partial charge in [-0.2, -0.15) is 0 Å². The highest BCUT2D eigenvalue weighted by Crippen LogP contribution is 2.48. The smallest absolute Gasteiger partial charge is 0.242 e. The number of benzene rings is 2. The van der Waals surface area contributed by atoms with E-state index in [-0.39, 0.29) is 5.91 Å². The molecule has 0 radical (unpaired) electrons. The van der Waals surface area contributed by atoms with Crippen LogP contribution in [0.5, 0.6) is 0 Å². The van der Waals surface area contributed by atoms with Crippen molar-refractivity contribution in [3.63, 3.8) is 0 Å². The molecule has 0 spiro atoms. The highest BCUT2D eigenvalue weighted by molar-refractivity contribution is 6.10. The van der Waals surface area contributed by atoms with Crippen molar-refractivity contribution in [3.8, 4) is 0 Å². The minimum absolute atomic E-state index is 0.246. The summed E-state index contributed by atoms with van der Waals surface area (Å²) in [4.78, 5) is 18.3. The highest BCUT2D eigenvalue weighted by atomic mass is 16.2. The molecule has 2 aliphatic heterocycles. The van der Waals surface area contributed by atoms with Gasteiger partial charge in [-0.25, -0.2) is 0 Å². The summed E-state index contributed by atoms with van der Waals surface area (Å²) in [5.41, 5.74) is 2.85. The number of carbonyl (C=O) groups is 1. The zero-order chi connectivity index (χ0) is 18.7. The van der Waals surface area contributed by atoms with Crippen LogP contribution in [-0.4, -0.2) is 37.0 Å². The third kappa shape index (κ3) is 3.19. The minimum atomic E-state index is -0.539. The van der Waals surface area contributed by atoms with Crippen LogP contribution in [0.2, 0.25) is 0 Å². The Balaban J connectivity index is 1.59. The van der Waals surface area contributed by atoms with Crippen LogP contribution in [0.3, 0.4) is 0 Å². The molecule has 2 aromatic carbocycles. The summed E-state index contributed by atoms with van der Waals surface area (Å²) in [5, 5.41) is 0. The Kier molecular flexibility index (Phi) is 5.31. The molecule has 27 heavy (non-hydrogen) atoms. The summed E-state index contributed by atoms with van der Waals surface area (Å²) in [6.07, 6.45) is 5.82. The van der Waals surface area contributed by atoms with Gasteiger partial charge in [0.2, 0.25) is 5.91 Å². The SMILES string of the molecule is CCC1(c2ccccc2)C(=O)N(CCCN2CCCCC2)c2ccccc21. The molecule has 0 saturated carbocycles. The van der Waals surface area contributed by atoms with Crippen LogP contribution in [-0.2, 0) is 10.2 Å². The first-order valence-electron chi connectivity index (χ1n) is 10.5. The molecule has 3 nitrogen and oxygen atoms in total. The van der Waals surface area contributed by atoms with E-state index in [2.05, 4.69) is 53.1 Å². The highest BCUT2D eigenvalue weighted by Gasteiger charge is 2.50. The van der Waals surface area contributed by atoms with Gasteiger partial charge in [-0.15, -0.1) is 0 Å². The predicted octanol–water partition coefficient (Wildman–Crippen LogP) is 4.61. The maximum Gasteiger partial charge on any atom is 0.242 e. The Bertz CT molecular complexity index is 782. The summed E-state index contributed by atoms with van der Waals surface area (Å²) >= 11 is 0. The summed E-state index contributed by atoms with van der Waals surface area (Å²) in [7, 11) is 0. The first-order valence-corrected chi connectivity index (χ1v) is 10.5. The number of likely N-dealkylation sites (tertiary alicyclic amines) is 1. The zero-order valence-corrected chi connectivity index (χ0v) is 16.4. The molecule has 1 atom stereocenters. The Morgan fingerprint density at radius 2 is 1.59 bits per heavy atom. The predicted molar refractivity (Wildman–Crippen MR) is 111 cm³/mol. The van der Waals surface area contributed by atoms with E-state index in [1.165, 1.54) is 37.9 Å². The molecule has 2 heterocycles. The van der Waals surface area contributed by atoms with Crippen LogP contribution >= 0.6 is 0 Å². The first kappa shape index (κ1) is 18.2. The van der Waals surface area contributed by atoms with Gasteiger partial charge in [-0.05, 0) is 62.5 Å². The Hall–Kier alpha value is -2.13. The fourth-order valence-corrected chi connectivity index (χ4v) is 4.93. The molecule has 1 unspecified atom stereocenters. The molecule has 0 aliphatic carbocycles. The summed E-state index contributed by atoms with van der Waals surface area (Å²) in [5.74, 6) is 0.246. The second-order valence-corrected chi connectivity index (χ2v) is 7.85. The van der Waals surface area contributed by atoms with Gasteiger partial charge < -0.3 is 9.80 Å². The van der Waals surface area contributed by atoms with Crippen LogP contribution in [0.15, 0.2) is 54.6 Å². The molecule has 2 aliphatic rings. The number of piperidine rings is 1. The van der Waals surface area contributed by atoms with Crippen LogP contribution in [0.4, 0.5) is 5.69 Å². The number of fused-ring (bicyclic) bond motifs is 1. The molecule has 1 saturated heterocycles. The van der Waals surface area contributed by atoms with Gasteiger partial charge in [-0.1, -0.05) is 61.9 Å². The summed E-state index contributed by atoms with van der Waals surface area (Å²) in [6, 6.07) is 18.7. The minimum Gasteiger partial charge on any atom is -0.311 e. The second kappa shape index (κ2) is 7.85. The quantitative estimate of drug-likeness (QED) is 0.749. The molecular formula is C24H30N2O. The van der Waals surface area contributed by atoms with Crippen molar-refractivity contribution >= 4 is 11.6 Å². The van der Waals surface area contributed by atoms with E-state index in [0.29, 0.717) is 0 Å². The normalized spacial score (nSPS) is 22.9. The molecule has 2 aromatic rings. The molecule has 4 rings (SSSR count). The van der Waals surface area contributed by atoms with E-state index >= 15 is 0 Å². The standard InChI is InChI=1S/C24H30N2O/c1-2-24(20-12-5-3-6-13-20)21-14-7-8-15-22(21)26(23(24)27)19-11-18-25-16-9-4-10-17-25/h3,5-8,12-15H,2,4,9-11,16-19H2,1H3. The molecule has 0 aromatic heterocycles. The van der Waals surface area contributed by atoms with Crippen LogP contribution in [0.1, 0.15) is 50.2 Å². The Morgan fingerprint density at radius 3 is 2.33 bits per heavy atom. The Labute approximate surface area is 163 Å². The average molecular weight is 363 g/mol. The van der Waals surface area contributed by atoms with Crippen LogP contribution in [0.25, 0.3) is 0 Å². The average Bonchev–Trinajstić information content (AvgIpc) is 2.98. The fraction of sp³-hybridized carbons (Fsp3) is 0.458. The maximum atomic E-state index is 13.7. The maximum absolute atomic E-state index is 13.7. The molecule has 0 N–H and O–H groups in total. The lowest BCUT2D eigenvalue weighted by atomic mass is 9.73. The van der Waals surface area contributed by atoms with E-state index < -0.39 is 5.41 Å². The lowest BCUT2D eigenvalue weighted by Crippen LogP contribution is -2.42. The van der Waals surface area contributed by atoms with E-state index in [9.17, 15) is 4.79 Å². The number of amides is 1. The third-order valence-electron chi connectivity index (χ3n) is 6.37. The lowest BCUT2D eigenvalue weighted by molar-refractivity contribution is -0.122. The first-order chi connectivity index (χ1) is 13.3.